The predicted octanol–water partition coefficient (Wildman–Crippen LogP) is 0.0795. The van der Waals surface area contributed by atoms with Crippen molar-refractivity contribution < 1.29 is 9.31 Å². The first-order valence-corrected chi connectivity index (χ1v) is 5.63. The van der Waals surface area contributed by atoms with Crippen molar-refractivity contribution in [3.8, 4) is 0 Å². The van der Waals surface area contributed by atoms with Crippen LogP contribution in [0.3, 0.4) is 0 Å². The lowest BCUT2D eigenvalue weighted by Gasteiger charge is -2.32. The van der Waals surface area contributed by atoms with E-state index in [4.69, 9.17) is 9.31 Å². The zero-order valence-corrected chi connectivity index (χ0v) is 10.9. The van der Waals surface area contributed by atoms with Crippen LogP contribution in [0, 0.1) is 0 Å². The van der Waals surface area contributed by atoms with Crippen LogP contribution in [0.2, 0.25) is 0 Å². The lowest BCUT2D eigenvalue weighted by molar-refractivity contribution is 0.00578. The van der Waals surface area contributed by atoms with Crippen LogP contribution in [0.25, 0.3) is 0 Å². The van der Waals surface area contributed by atoms with Crippen LogP contribution in [0.15, 0.2) is 16.9 Å². The molecule has 92 valence electrons. The smallest absolute Gasteiger partial charge is 0.398 e. The standard InChI is InChI=1S/C11H17BN2O3/c1-10(2)11(3,4)17-12(16-10)8-6-7-9(15)14(5)13-8/h6-7H,1-5H3. The van der Waals surface area contributed by atoms with Crippen LogP contribution >= 0.6 is 0 Å². The number of rotatable bonds is 1. The van der Waals surface area contributed by atoms with Crippen molar-refractivity contribution >= 4 is 12.7 Å². The Morgan fingerprint density at radius 3 is 2.18 bits per heavy atom. The second kappa shape index (κ2) is 3.68. The summed E-state index contributed by atoms with van der Waals surface area (Å²) in [5.74, 6) is 0. The summed E-state index contributed by atoms with van der Waals surface area (Å²) in [5.41, 5.74) is -0.321. The molecule has 0 saturated carbocycles. The highest BCUT2D eigenvalue weighted by atomic mass is 16.7. The van der Waals surface area contributed by atoms with Crippen molar-refractivity contribution in [1.29, 1.82) is 0 Å². The van der Waals surface area contributed by atoms with E-state index < -0.39 is 18.3 Å². The largest absolute Gasteiger partial charge is 0.516 e. The van der Waals surface area contributed by atoms with Crippen LogP contribution in [0.1, 0.15) is 27.7 Å². The number of nitrogens with zero attached hydrogens (tertiary/aromatic N) is 2. The third-order valence-corrected chi connectivity index (χ3v) is 3.48. The maximum Gasteiger partial charge on any atom is 0.516 e. The monoisotopic (exact) mass is 236 g/mol. The molecule has 0 bridgehead atoms. The number of hydrogen-bond donors (Lipinski definition) is 0. The molecule has 5 nitrogen and oxygen atoms in total. The normalized spacial score (nSPS) is 21.8. The Labute approximate surface area is 101 Å². The zero-order valence-electron chi connectivity index (χ0n) is 10.9. The maximum absolute atomic E-state index is 11.3. The van der Waals surface area contributed by atoms with E-state index in [1.807, 2.05) is 27.7 Å². The minimum atomic E-state index is -0.521. The van der Waals surface area contributed by atoms with Crippen molar-refractivity contribution in [2.45, 2.75) is 38.9 Å². The molecule has 0 atom stereocenters. The second-order valence-corrected chi connectivity index (χ2v) is 5.31. The van der Waals surface area contributed by atoms with Crippen LogP contribution in [0.5, 0.6) is 0 Å². The molecule has 1 aliphatic rings. The SMILES string of the molecule is Cn1nc(B2OC(C)(C)C(C)(C)O2)ccc1=O. The van der Waals surface area contributed by atoms with Gasteiger partial charge in [0.2, 0.25) is 0 Å². The Morgan fingerprint density at radius 2 is 1.71 bits per heavy atom. The van der Waals surface area contributed by atoms with Crippen molar-refractivity contribution in [3.05, 3.63) is 22.5 Å². The molecular formula is C11H17BN2O3. The van der Waals surface area contributed by atoms with Gasteiger partial charge in [-0.05, 0) is 33.8 Å². The number of aromatic nitrogens is 2. The van der Waals surface area contributed by atoms with Crippen molar-refractivity contribution in [1.82, 2.24) is 9.78 Å². The third-order valence-electron chi connectivity index (χ3n) is 3.48. The van der Waals surface area contributed by atoms with E-state index in [1.54, 1.807) is 13.1 Å². The Kier molecular flexibility index (Phi) is 2.67. The van der Waals surface area contributed by atoms with E-state index in [1.165, 1.54) is 10.7 Å². The molecule has 6 heteroatoms. The van der Waals surface area contributed by atoms with E-state index in [2.05, 4.69) is 5.10 Å². The predicted molar refractivity (Wildman–Crippen MR) is 65.2 cm³/mol. The Hall–Kier alpha value is -1.14. The first-order valence-electron chi connectivity index (χ1n) is 5.63. The second-order valence-electron chi connectivity index (χ2n) is 5.31. The summed E-state index contributed by atoms with van der Waals surface area (Å²) in [6, 6.07) is 3.11. The van der Waals surface area contributed by atoms with Gasteiger partial charge in [-0.2, -0.15) is 5.10 Å². The fourth-order valence-electron chi connectivity index (χ4n) is 1.61. The highest BCUT2D eigenvalue weighted by molar-refractivity contribution is 6.61. The highest BCUT2D eigenvalue weighted by Crippen LogP contribution is 2.36. The average Bonchev–Trinajstić information content (AvgIpc) is 2.41. The third kappa shape index (κ3) is 2.02. The van der Waals surface area contributed by atoms with Crippen molar-refractivity contribution in [3.63, 3.8) is 0 Å². The summed E-state index contributed by atoms with van der Waals surface area (Å²) in [6.07, 6.45) is 0. The molecular weight excluding hydrogens is 219 g/mol. The molecule has 2 heterocycles. The Morgan fingerprint density at radius 1 is 1.18 bits per heavy atom. The van der Waals surface area contributed by atoms with Gasteiger partial charge in [0.25, 0.3) is 5.56 Å². The zero-order chi connectivity index (χ0) is 12.8. The summed E-state index contributed by atoms with van der Waals surface area (Å²) in [5, 5.41) is 4.14. The molecule has 0 radical (unpaired) electrons. The number of hydrogen-bond acceptors (Lipinski definition) is 4. The van der Waals surface area contributed by atoms with Crippen LogP contribution in [-0.4, -0.2) is 28.1 Å². The maximum atomic E-state index is 11.3. The van der Waals surface area contributed by atoms with Gasteiger partial charge in [0, 0.05) is 13.1 Å². The lowest BCUT2D eigenvalue weighted by atomic mass is 9.85. The van der Waals surface area contributed by atoms with Crippen molar-refractivity contribution in [2.75, 3.05) is 0 Å². The van der Waals surface area contributed by atoms with Crippen LogP contribution in [-0.2, 0) is 16.4 Å². The fourth-order valence-corrected chi connectivity index (χ4v) is 1.61. The molecule has 17 heavy (non-hydrogen) atoms. The topological polar surface area (TPSA) is 53.4 Å². The molecule has 1 fully saturated rings. The van der Waals surface area contributed by atoms with Gasteiger partial charge < -0.3 is 9.31 Å². The molecule has 1 aliphatic heterocycles. The molecule has 0 amide bonds. The van der Waals surface area contributed by atoms with Crippen molar-refractivity contribution in [2.24, 2.45) is 7.05 Å². The van der Waals surface area contributed by atoms with Crippen LogP contribution in [0.4, 0.5) is 0 Å². The van der Waals surface area contributed by atoms with Gasteiger partial charge in [0.15, 0.2) is 0 Å². The Balaban J connectivity index is 2.32. The van der Waals surface area contributed by atoms with Gasteiger partial charge in [-0.25, -0.2) is 4.68 Å². The summed E-state index contributed by atoms with van der Waals surface area (Å²) < 4.78 is 13.0. The van der Waals surface area contributed by atoms with Gasteiger partial charge in [-0.3, -0.25) is 4.79 Å². The first kappa shape index (κ1) is 12.3. The quantitative estimate of drug-likeness (QED) is 0.648. The summed E-state index contributed by atoms with van der Waals surface area (Å²) in [4.78, 5) is 11.3. The average molecular weight is 236 g/mol. The molecule has 1 aromatic heterocycles. The van der Waals surface area contributed by atoms with E-state index in [0.717, 1.165) is 0 Å². The van der Waals surface area contributed by atoms with E-state index in [0.29, 0.717) is 5.59 Å². The summed E-state index contributed by atoms with van der Waals surface area (Å²) in [6.45, 7) is 7.92. The minimum Gasteiger partial charge on any atom is -0.398 e. The molecule has 0 unspecified atom stereocenters. The van der Waals surface area contributed by atoms with Gasteiger partial charge in [-0.15, -0.1) is 0 Å². The first-order chi connectivity index (χ1) is 7.73. The molecule has 0 aromatic carbocycles. The summed E-state index contributed by atoms with van der Waals surface area (Å²) in [7, 11) is 1.09. The van der Waals surface area contributed by atoms with E-state index in [-0.39, 0.29) is 5.56 Å². The van der Waals surface area contributed by atoms with Gasteiger partial charge in [0.1, 0.15) is 0 Å². The van der Waals surface area contributed by atoms with Gasteiger partial charge in [-0.1, -0.05) is 0 Å². The van der Waals surface area contributed by atoms with Gasteiger partial charge in [0.05, 0.1) is 16.8 Å². The van der Waals surface area contributed by atoms with E-state index >= 15 is 0 Å². The van der Waals surface area contributed by atoms with Gasteiger partial charge >= 0.3 is 7.12 Å². The molecule has 0 spiro atoms. The molecule has 0 aliphatic carbocycles. The summed E-state index contributed by atoms with van der Waals surface area (Å²) >= 11 is 0. The number of aryl methyl sites for hydroxylation is 1. The molecule has 0 N–H and O–H groups in total. The minimum absolute atomic E-state index is 0.148. The van der Waals surface area contributed by atoms with Crippen LogP contribution < -0.4 is 11.2 Å². The van der Waals surface area contributed by atoms with E-state index in [9.17, 15) is 4.79 Å². The fraction of sp³-hybridized carbons (Fsp3) is 0.636. The molecule has 1 saturated heterocycles. The Bertz CT molecular complexity index is 480. The molecule has 2 rings (SSSR count). The lowest BCUT2D eigenvalue weighted by Crippen LogP contribution is -2.41. The molecule has 1 aromatic rings. The highest BCUT2D eigenvalue weighted by Gasteiger charge is 2.52.